The maximum Gasteiger partial charge on any atom is 0.122 e. The van der Waals surface area contributed by atoms with Gasteiger partial charge < -0.3 is 10.1 Å². The molecular weight excluding hydrogens is 234 g/mol. The van der Waals surface area contributed by atoms with Crippen molar-refractivity contribution in [2.75, 3.05) is 12.4 Å². The summed E-state index contributed by atoms with van der Waals surface area (Å²) in [6.45, 7) is 8.91. The first-order valence-electron chi connectivity index (χ1n) is 7.56. The lowest BCUT2D eigenvalue weighted by atomic mass is 10.0. The lowest BCUT2D eigenvalue weighted by Gasteiger charge is -2.20. The van der Waals surface area contributed by atoms with Crippen molar-refractivity contribution in [3.05, 3.63) is 23.8 Å². The Morgan fingerprint density at radius 2 is 1.74 bits per heavy atom. The number of hydrogen-bond donors (Lipinski definition) is 1. The Kier molecular flexibility index (Phi) is 6.75. The van der Waals surface area contributed by atoms with Crippen molar-refractivity contribution < 1.29 is 4.74 Å². The minimum absolute atomic E-state index is 0.479. The first-order chi connectivity index (χ1) is 9.12. The average molecular weight is 263 g/mol. The lowest BCUT2D eigenvalue weighted by Crippen LogP contribution is -2.19. The molecular formula is C17H29NO. The van der Waals surface area contributed by atoms with E-state index in [0.29, 0.717) is 12.0 Å². The number of anilines is 1. The van der Waals surface area contributed by atoms with E-state index < -0.39 is 0 Å². The molecule has 0 aliphatic carbocycles. The second-order valence-electron chi connectivity index (χ2n) is 5.53. The fourth-order valence-corrected chi connectivity index (χ4v) is 2.50. The number of rotatable bonds is 8. The maximum absolute atomic E-state index is 5.43. The van der Waals surface area contributed by atoms with Crippen molar-refractivity contribution in [1.29, 1.82) is 0 Å². The summed E-state index contributed by atoms with van der Waals surface area (Å²) in [6, 6.07) is 7.03. The van der Waals surface area contributed by atoms with Crippen LogP contribution in [0.2, 0.25) is 0 Å². The van der Waals surface area contributed by atoms with Gasteiger partial charge in [-0.2, -0.15) is 0 Å². The molecule has 0 spiro atoms. The van der Waals surface area contributed by atoms with Gasteiger partial charge in [0, 0.05) is 11.7 Å². The van der Waals surface area contributed by atoms with Crippen molar-refractivity contribution in [2.24, 2.45) is 0 Å². The van der Waals surface area contributed by atoms with Crippen molar-refractivity contribution in [1.82, 2.24) is 0 Å². The van der Waals surface area contributed by atoms with Crippen LogP contribution in [0.15, 0.2) is 18.2 Å². The van der Waals surface area contributed by atoms with Crippen LogP contribution < -0.4 is 10.1 Å². The van der Waals surface area contributed by atoms with E-state index in [9.17, 15) is 0 Å². The van der Waals surface area contributed by atoms with E-state index in [4.69, 9.17) is 4.74 Å². The molecule has 0 fully saturated rings. The van der Waals surface area contributed by atoms with Gasteiger partial charge in [-0.05, 0) is 42.5 Å². The van der Waals surface area contributed by atoms with E-state index in [1.165, 1.54) is 36.9 Å². The third kappa shape index (κ3) is 4.77. The van der Waals surface area contributed by atoms with Gasteiger partial charge in [0.2, 0.25) is 0 Å². The Morgan fingerprint density at radius 1 is 1.11 bits per heavy atom. The number of ether oxygens (including phenoxy) is 1. The molecule has 1 rings (SSSR count). The normalized spacial score (nSPS) is 11.1. The molecule has 0 saturated carbocycles. The summed E-state index contributed by atoms with van der Waals surface area (Å²) >= 11 is 0. The molecule has 108 valence electrons. The molecule has 0 atom stereocenters. The molecule has 0 radical (unpaired) electrons. The first-order valence-corrected chi connectivity index (χ1v) is 7.56. The lowest BCUT2D eigenvalue weighted by molar-refractivity contribution is 0.407. The molecule has 0 saturated heterocycles. The maximum atomic E-state index is 5.43. The van der Waals surface area contributed by atoms with E-state index in [1.54, 1.807) is 7.11 Å². The minimum atomic E-state index is 0.479. The van der Waals surface area contributed by atoms with Gasteiger partial charge in [-0.1, -0.05) is 40.5 Å². The van der Waals surface area contributed by atoms with Gasteiger partial charge in [0.15, 0.2) is 0 Å². The van der Waals surface area contributed by atoms with Gasteiger partial charge in [0.25, 0.3) is 0 Å². The second kappa shape index (κ2) is 8.08. The topological polar surface area (TPSA) is 21.3 Å². The molecule has 1 N–H and O–H groups in total. The zero-order valence-corrected chi connectivity index (χ0v) is 13.1. The molecule has 1 aromatic rings. The summed E-state index contributed by atoms with van der Waals surface area (Å²) in [4.78, 5) is 0. The quantitative estimate of drug-likeness (QED) is 0.696. The van der Waals surface area contributed by atoms with Crippen LogP contribution >= 0.6 is 0 Å². The Balaban J connectivity index is 2.85. The van der Waals surface area contributed by atoms with Gasteiger partial charge in [0.05, 0.1) is 7.11 Å². The molecule has 2 heteroatoms. The van der Waals surface area contributed by atoms with Gasteiger partial charge in [0.1, 0.15) is 5.75 Å². The number of hydrogen-bond acceptors (Lipinski definition) is 2. The van der Waals surface area contributed by atoms with Crippen molar-refractivity contribution in [3.8, 4) is 5.75 Å². The fraction of sp³-hybridized carbons (Fsp3) is 0.647. The van der Waals surface area contributed by atoms with Gasteiger partial charge in [-0.25, -0.2) is 0 Å². The highest BCUT2D eigenvalue weighted by Gasteiger charge is 2.11. The Morgan fingerprint density at radius 3 is 2.21 bits per heavy atom. The average Bonchev–Trinajstić information content (AvgIpc) is 2.39. The minimum Gasteiger partial charge on any atom is -0.496 e. The Hall–Kier alpha value is -1.18. The van der Waals surface area contributed by atoms with Crippen LogP contribution in [-0.2, 0) is 0 Å². The monoisotopic (exact) mass is 263 g/mol. The van der Waals surface area contributed by atoms with Gasteiger partial charge in [-0.3, -0.25) is 0 Å². The highest BCUT2D eigenvalue weighted by Crippen LogP contribution is 2.29. The van der Waals surface area contributed by atoms with Crippen LogP contribution in [0.3, 0.4) is 0 Å². The molecule has 0 bridgehead atoms. The molecule has 2 nitrogen and oxygen atoms in total. The summed E-state index contributed by atoms with van der Waals surface area (Å²) in [6.07, 6.45) is 4.92. The number of benzene rings is 1. The predicted molar refractivity (Wildman–Crippen MR) is 84.3 cm³/mol. The molecule has 0 unspecified atom stereocenters. The molecule has 0 amide bonds. The summed E-state index contributed by atoms with van der Waals surface area (Å²) in [5.74, 6) is 1.47. The summed E-state index contributed by atoms with van der Waals surface area (Å²) in [7, 11) is 1.74. The molecule has 19 heavy (non-hydrogen) atoms. The molecule has 1 aromatic carbocycles. The van der Waals surface area contributed by atoms with Crippen molar-refractivity contribution in [2.45, 2.75) is 65.3 Å². The summed E-state index contributed by atoms with van der Waals surface area (Å²) < 4.78 is 5.43. The largest absolute Gasteiger partial charge is 0.496 e. The van der Waals surface area contributed by atoms with Crippen molar-refractivity contribution >= 4 is 5.69 Å². The third-order valence-electron chi connectivity index (χ3n) is 3.50. The zero-order chi connectivity index (χ0) is 14.3. The highest BCUT2D eigenvalue weighted by atomic mass is 16.5. The standard InChI is InChI=1S/C17H29NO/c1-6-8-14(9-7-2)18-15-10-11-17(19-5)16(12-15)13(3)4/h10-14,18H,6-9H2,1-5H3. The van der Waals surface area contributed by atoms with Crippen LogP contribution in [0.25, 0.3) is 0 Å². The van der Waals surface area contributed by atoms with E-state index in [0.717, 1.165) is 5.75 Å². The van der Waals surface area contributed by atoms with Crippen LogP contribution in [0.5, 0.6) is 5.75 Å². The van der Waals surface area contributed by atoms with Crippen molar-refractivity contribution in [3.63, 3.8) is 0 Å². The van der Waals surface area contributed by atoms with E-state index in [-0.39, 0.29) is 0 Å². The second-order valence-corrected chi connectivity index (χ2v) is 5.53. The molecule has 0 aliphatic rings. The zero-order valence-electron chi connectivity index (χ0n) is 13.1. The Bertz CT molecular complexity index is 368. The van der Waals surface area contributed by atoms with Gasteiger partial charge in [-0.15, -0.1) is 0 Å². The Labute approximate surface area is 118 Å². The van der Waals surface area contributed by atoms with E-state index >= 15 is 0 Å². The molecule has 0 aliphatic heterocycles. The highest BCUT2D eigenvalue weighted by molar-refractivity contribution is 5.52. The number of methoxy groups -OCH3 is 1. The fourth-order valence-electron chi connectivity index (χ4n) is 2.50. The smallest absolute Gasteiger partial charge is 0.122 e. The first kappa shape index (κ1) is 15.9. The summed E-state index contributed by atoms with van der Waals surface area (Å²) in [5.41, 5.74) is 2.50. The van der Waals surface area contributed by atoms with Crippen LogP contribution in [0.1, 0.15) is 64.9 Å². The predicted octanol–water partition coefficient (Wildman–Crippen LogP) is 5.20. The third-order valence-corrected chi connectivity index (χ3v) is 3.50. The van der Waals surface area contributed by atoms with Crippen LogP contribution in [-0.4, -0.2) is 13.2 Å². The molecule has 0 aromatic heterocycles. The summed E-state index contributed by atoms with van der Waals surface area (Å²) in [5, 5.41) is 3.67. The number of nitrogens with one attached hydrogen (secondary N) is 1. The molecule has 0 heterocycles. The van der Waals surface area contributed by atoms with Crippen LogP contribution in [0, 0.1) is 0 Å². The van der Waals surface area contributed by atoms with E-state index in [2.05, 4.69) is 51.2 Å². The van der Waals surface area contributed by atoms with E-state index in [1.807, 2.05) is 0 Å². The van der Waals surface area contributed by atoms with Crippen LogP contribution in [0.4, 0.5) is 5.69 Å². The van der Waals surface area contributed by atoms with Gasteiger partial charge >= 0.3 is 0 Å². The SMILES string of the molecule is CCCC(CCC)Nc1ccc(OC)c(C(C)C)c1.